The minimum Gasteiger partial charge on any atom is -0.486 e. The molecule has 3 rings (SSSR count). The van der Waals surface area contributed by atoms with Gasteiger partial charge in [-0.1, -0.05) is 0 Å². The van der Waals surface area contributed by atoms with Crippen molar-refractivity contribution in [2.24, 2.45) is 0 Å². The number of anilines is 1. The molecule has 39 heavy (non-hydrogen) atoms. The summed E-state index contributed by atoms with van der Waals surface area (Å²) in [5.41, 5.74) is 4.51. The lowest BCUT2D eigenvalue weighted by Crippen LogP contribution is -2.60. The van der Waals surface area contributed by atoms with Crippen LogP contribution in [0.25, 0.3) is 0 Å². The summed E-state index contributed by atoms with van der Waals surface area (Å²) in [6.45, 7) is -0.734. The summed E-state index contributed by atoms with van der Waals surface area (Å²) in [5, 5.41) is 73.1. The van der Waals surface area contributed by atoms with Crippen LogP contribution in [0, 0.1) is 0 Å². The Morgan fingerprint density at radius 2 is 1.95 bits per heavy atom. The fourth-order valence-electron chi connectivity index (χ4n) is 4.02. The Kier molecular flexibility index (Phi) is 9.84. The smallest absolute Gasteiger partial charge is 0.364 e. The van der Waals surface area contributed by atoms with Crippen molar-refractivity contribution in [1.82, 2.24) is 14.9 Å². The van der Waals surface area contributed by atoms with Crippen LogP contribution in [-0.2, 0) is 23.4 Å². The van der Waals surface area contributed by atoms with Gasteiger partial charge in [0.1, 0.15) is 48.2 Å². The van der Waals surface area contributed by atoms with E-state index in [-0.39, 0.29) is 5.82 Å². The van der Waals surface area contributed by atoms with E-state index >= 15 is 0 Å². The van der Waals surface area contributed by atoms with Crippen LogP contribution in [0.3, 0.4) is 0 Å². The molecular formula is C20H31N4O14P. The molecule has 0 spiro atoms. The van der Waals surface area contributed by atoms with Crippen molar-refractivity contribution < 1.29 is 64.0 Å². The Labute approximate surface area is 220 Å². The molecule has 1 saturated heterocycles. The maximum Gasteiger partial charge on any atom is 0.364 e. The second kappa shape index (κ2) is 12.4. The molecule has 0 bridgehead atoms. The molecule has 0 radical (unpaired) electrons. The zero-order valence-corrected chi connectivity index (χ0v) is 21.3. The predicted molar refractivity (Wildman–Crippen MR) is 126 cm³/mol. The van der Waals surface area contributed by atoms with Gasteiger partial charge in [0.05, 0.1) is 25.4 Å². The molecule has 220 valence electrons. The first-order chi connectivity index (χ1) is 18.2. The van der Waals surface area contributed by atoms with Crippen molar-refractivity contribution in [2.75, 3.05) is 18.9 Å². The number of hydrogen-bond donors (Lipinski definition) is 10. The third-order valence-corrected chi connectivity index (χ3v) is 7.46. The number of ether oxygens (including phenoxy) is 2. The highest BCUT2D eigenvalue weighted by molar-refractivity contribution is 7.53. The van der Waals surface area contributed by atoms with Gasteiger partial charge in [0.15, 0.2) is 6.23 Å². The summed E-state index contributed by atoms with van der Waals surface area (Å²) < 4.78 is 29.3. The first kappa shape index (κ1) is 31.1. The topological polar surface area (TPSA) is 297 Å². The molecule has 11 N–H and O–H groups in total. The van der Waals surface area contributed by atoms with Gasteiger partial charge in [-0.2, -0.15) is 4.98 Å². The van der Waals surface area contributed by atoms with E-state index in [0.717, 1.165) is 23.8 Å². The van der Waals surface area contributed by atoms with Crippen molar-refractivity contribution >= 4 is 19.3 Å². The van der Waals surface area contributed by atoms with Gasteiger partial charge < -0.3 is 65.7 Å². The molecule has 19 heteroatoms. The van der Waals surface area contributed by atoms with Gasteiger partial charge in [-0.25, -0.2) is 4.79 Å². The number of amides is 1. The van der Waals surface area contributed by atoms with Crippen LogP contribution in [0.15, 0.2) is 28.9 Å². The molecule has 1 aromatic rings. The van der Waals surface area contributed by atoms with E-state index in [1.165, 1.54) is 6.07 Å². The van der Waals surface area contributed by atoms with E-state index in [9.17, 15) is 49.7 Å². The summed E-state index contributed by atoms with van der Waals surface area (Å²) in [5.74, 6) is -4.02. The lowest BCUT2D eigenvalue weighted by atomic mass is 9.94. The molecule has 2 aliphatic rings. The summed E-state index contributed by atoms with van der Waals surface area (Å²) in [6.07, 6.45) is -11.5. The van der Waals surface area contributed by atoms with Crippen molar-refractivity contribution in [2.45, 2.75) is 67.8 Å². The largest absolute Gasteiger partial charge is 0.486 e. The third-order valence-electron chi connectivity index (χ3n) is 6.07. The molecular weight excluding hydrogens is 551 g/mol. The maximum absolute atomic E-state index is 12.8. The number of nitrogens with one attached hydrogen (secondary N) is 1. The van der Waals surface area contributed by atoms with Gasteiger partial charge in [-0.15, -0.1) is 0 Å². The first-order valence-corrected chi connectivity index (χ1v) is 13.1. The normalized spacial score (nSPS) is 32.8. The number of carbonyl (C=O) groups is 1. The molecule has 0 saturated carbocycles. The van der Waals surface area contributed by atoms with Crippen LogP contribution in [0.5, 0.6) is 0 Å². The van der Waals surface area contributed by atoms with Crippen molar-refractivity contribution in [3.63, 3.8) is 0 Å². The minimum absolute atomic E-state index is 0.104. The monoisotopic (exact) mass is 582 g/mol. The average molecular weight is 582 g/mol. The lowest BCUT2D eigenvalue weighted by molar-refractivity contribution is -0.134. The Hall–Kier alpha value is -2.48. The molecule has 1 fully saturated rings. The summed E-state index contributed by atoms with van der Waals surface area (Å²) in [7, 11) is -5.12. The highest BCUT2D eigenvalue weighted by Crippen LogP contribution is 2.51. The van der Waals surface area contributed by atoms with Crippen LogP contribution in [-0.4, -0.2) is 124 Å². The molecule has 3 heterocycles. The van der Waals surface area contributed by atoms with E-state index in [2.05, 4.69) is 10.3 Å². The van der Waals surface area contributed by atoms with E-state index in [0.29, 0.717) is 0 Å². The number of nitrogens with two attached hydrogens (primary N) is 1. The fourth-order valence-corrected chi connectivity index (χ4v) is 4.99. The molecule has 1 amide bonds. The number of nitrogen functional groups attached to an aromatic ring is 1. The Morgan fingerprint density at radius 1 is 1.28 bits per heavy atom. The molecule has 0 aromatic carbocycles. The lowest BCUT2D eigenvalue weighted by Gasteiger charge is -2.40. The Morgan fingerprint density at radius 3 is 2.54 bits per heavy atom. The SMILES string of the molecule is CC(=O)N[C@H]1[C@H]([C@H](O)[C@H](O)CO)OC([C@H](O)P(=O)(O)OC[C@H]2O[C@@H](n3ccc(N)nc3=O)[C@H](O)[C@@H]2O)=C[C@@H]1O. The second-order valence-corrected chi connectivity index (χ2v) is 10.8. The number of aromatic nitrogens is 2. The molecule has 2 aliphatic heterocycles. The van der Waals surface area contributed by atoms with Crippen molar-refractivity contribution in [3.8, 4) is 0 Å². The molecule has 11 atom stereocenters. The zero-order valence-electron chi connectivity index (χ0n) is 20.4. The van der Waals surface area contributed by atoms with E-state index in [1.807, 2.05) is 0 Å². The molecule has 1 unspecified atom stereocenters. The van der Waals surface area contributed by atoms with Crippen LogP contribution in [0.4, 0.5) is 5.82 Å². The standard InChI is InChI=1S/C20H31N4O14P/c1-7(26)22-13-8(27)4-10(37-17(13)14(29)9(28)5-25)19(32)39(34,35)36-6-11-15(30)16(31)18(38-11)24-3-2-12(21)23-20(24)33/h2-4,8-9,11,13-19,25,27-32H,5-6H2,1H3,(H,22,26)(H,34,35)(H2,21,23,33)/t8-,9+,11+,13+,14+,15+,16+,17+,18+,19+/m0/s1. The maximum atomic E-state index is 12.8. The number of carbonyl (C=O) groups excluding carboxylic acids is 1. The molecule has 0 aliphatic carbocycles. The first-order valence-electron chi connectivity index (χ1n) is 11.5. The van der Waals surface area contributed by atoms with Gasteiger partial charge in [-0.05, 0) is 12.1 Å². The van der Waals surface area contributed by atoms with Crippen LogP contribution < -0.4 is 16.7 Å². The average Bonchev–Trinajstić information content (AvgIpc) is 3.15. The quantitative estimate of drug-likeness (QED) is 0.115. The highest BCUT2D eigenvalue weighted by Gasteiger charge is 2.48. The van der Waals surface area contributed by atoms with Gasteiger partial charge in [0.25, 0.3) is 0 Å². The van der Waals surface area contributed by atoms with Gasteiger partial charge in [-0.3, -0.25) is 13.9 Å². The Balaban J connectivity index is 1.74. The predicted octanol–water partition coefficient (Wildman–Crippen LogP) is -5.17. The number of aliphatic hydroxyl groups is 7. The second-order valence-electron chi connectivity index (χ2n) is 8.93. The zero-order chi connectivity index (χ0) is 29.2. The minimum atomic E-state index is -5.12. The number of aliphatic hydroxyl groups excluding tert-OH is 7. The van der Waals surface area contributed by atoms with E-state index in [1.54, 1.807) is 0 Å². The fraction of sp³-hybridized carbons (Fsp3) is 0.650. The van der Waals surface area contributed by atoms with Crippen LogP contribution in [0.2, 0.25) is 0 Å². The van der Waals surface area contributed by atoms with Crippen LogP contribution in [0.1, 0.15) is 13.2 Å². The number of nitrogens with zero attached hydrogens (tertiary/aromatic N) is 2. The van der Waals surface area contributed by atoms with E-state index < -0.39 is 99.0 Å². The summed E-state index contributed by atoms with van der Waals surface area (Å²) >= 11 is 0. The van der Waals surface area contributed by atoms with Crippen LogP contribution >= 0.6 is 7.60 Å². The van der Waals surface area contributed by atoms with Gasteiger partial charge in [0, 0.05) is 13.1 Å². The van der Waals surface area contributed by atoms with Gasteiger partial charge >= 0.3 is 13.3 Å². The third kappa shape index (κ3) is 6.82. The van der Waals surface area contributed by atoms with Crippen molar-refractivity contribution in [3.05, 3.63) is 34.6 Å². The summed E-state index contributed by atoms with van der Waals surface area (Å²) in [6, 6.07) is -0.154. The molecule has 18 nitrogen and oxygen atoms in total. The Bertz CT molecular complexity index is 1170. The van der Waals surface area contributed by atoms with Crippen molar-refractivity contribution in [1.29, 1.82) is 0 Å². The number of hydrogen-bond acceptors (Lipinski definition) is 15. The van der Waals surface area contributed by atoms with E-state index in [4.69, 9.17) is 24.8 Å². The molecule has 1 aromatic heterocycles. The highest BCUT2D eigenvalue weighted by atomic mass is 31.2. The number of rotatable bonds is 10. The van der Waals surface area contributed by atoms with Gasteiger partial charge in [0.2, 0.25) is 11.8 Å². The summed E-state index contributed by atoms with van der Waals surface area (Å²) in [4.78, 5) is 37.4.